The van der Waals surface area contributed by atoms with Crippen LogP contribution in [0.1, 0.15) is 21.7 Å². The van der Waals surface area contributed by atoms with Crippen LogP contribution in [-0.4, -0.2) is 46.3 Å². The van der Waals surface area contributed by atoms with Crippen LogP contribution in [0, 0.1) is 13.8 Å². The highest BCUT2D eigenvalue weighted by Crippen LogP contribution is 2.11. The van der Waals surface area contributed by atoms with Crippen LogP contribution in [-0.2, 0) is 0 Å². The lowest BCUT2D eigenvalue weighted by atomic mass is 10.2. The number of amides is 1. The van der Waals surface area contributed by atoms with E-state index in [1.807, 2.05) is 0 Å². The van der Waals surface area contributed by atoms with Gasteiger partial charge in [0.2, 0.25) is 0 Å². The van der Waals surface area contributed by atoms with Crippen LogP contribution >= 0.6 is 0 Å². The highest BCUT2D eigenvalue weighted by atomic mass is 16.3. The van der Waals surface area contributed by atoms with E-state index in [4.69, 9.17) is 5.11 Å². The summed E-state index contributed by atoms with van der Waals surface area (Å²) in [6.07, 6.45) is 0. The van der Waals surface area contributed by atoms with E-state index < -0.39 is 0 Å². The van der Waals surface area contributed by atoms with E-state index in [-0.39, 0.29) is 12.5 Å². The minimum atomic E-state index is -0.109. The number of hydrogen-bond acceptors (Lipinski definition) is 3. The van der Waals surface area contributed by atoms with Gasteiger partial charge in [-0.3, -0.25) is 9.89 Å². The molecule has 0 saturated heterocycles. The molecule has 78 valence electrons. The Morgan fingerprint density at radius 3 is 2.64 bits per heavy atom. The lowest BCUT2D eigenvalue weighted by Crippen LogP contribution is -2.30. The highest BCUT2D eigenvalue weighted by Gasteiger charge is 2.18. The number of H-pyrrole nitrogens is 1. The number of nitrogens with zero attached hydrogens (tertiary/aromatic N) is 2. The molecule has 0 aromatic carbocycles. The number of nitrogens with one attached hydrogen (secondary N) is 1. The summed E-state index contributed by atoms with van der Waals surface area (Å²) in [5.74, 6) is -0.109. The topological polar surface area (TPSA) is 69.2 Å². The first-order valence-corrected chi connectivity index (χ1v) is 4.45. The Balaban J connectivity index is 2.88. The van der Waals surface area contributed by atoms with E-state index in [0.29, 0.717) is 17.8 Å². The van der Waals surface area contributed by atoms with Crippen molar-refractivity contribution in [3.63, 3.8) is 0 Å². The number of carbonyl (C=O) groups excluding carboxylic acids is 1. The monoisotopic (exact) mass is 197 g/mol. The molecule has 5 nitrogen and oxygen atoms in total. The number of aliphatic hydroxyl groups is 1. The van der Waals surface area contributed by atoms with Crippen molar-refractivity contribution < 1.29 is 9.90 Å². The molecule has 1 heterocycles. The maximum Gasteiger partial charge on any atom is 0.257 e. The van der Waals surface area contributed by atoms with E-state index in [2.05, 4.69) is 10.2 Å². The van der Waals surface area contributed by atoms with Crippen LogP contribution in [0.3, 0.4) is 0 Å². The van der Waals surface area contributed by atoms with Crippen LogP contribution in [0.15, 0.2) is 0 Å². The second-order valence-corrected chi connectivity index (χ2v) is 3.26. The molecular formula is C9H15N3O2. The number of aromatic amines is 1. The molecule has 0 spiro atoms. The maximum absolute atomic E-state index is 11.8. The van der Waals surface area contributed by atoms with E-state index in [0.717, 1.165) is 5.69 Å². The average Bonchev–Trinajstić information content (AvgIpc) is 2.46. The lowest BCUT2D eigenvalue weighted by molar-refractivity contribution is 0.0765. The number of likely N-dealkylation sites (N-methyl/N-ethyl adjacent to an activating group) is 1. The van der Waals surface area contributed by atoms with Gasteiger partial charge in [-0.25, -0.2) is 0 Å². The Bertz CT molecular complexity index is 313. The summed E-state index contributed by atoms with van der Waals surface area (Å²) >= 11 is 0. The van der Waals surface area contributed by atoms with Crippen LogP contribution in [0.25, 0.3) is 0 Å². The molecule has 0 unspecified atom stereocenters. The van der Waals surface area contributed by atoms with Gasteiger partial charge >= 0.3 is 0 Å². The molecule has 0 saturated carbocycles. The molecule has 0 aliphatic rings. The maximum atomic E-state index is 11.8. The molecular weight excluding hydrogens is 182 g/mol. The number of aryl methyl sites for hydroxylation is 2. The van der Waals surface area contributed by atoms with Crippen molar-refractivity contribution in [1.29, 1.82) is 0 Å². The Morgan fingerprint density at radius 2 is 2.21 bits per heavy atom. The fraction of sp³-hybridized carbons (Fsp3) is 0.556. The molecule has 0 aliphatic carbocycles. The first kappa shape index (κ1) is 10.7. The van der Waals surface area contributed by atoms with Gasteiger partial charge in [0.15, 0.2) is 0 Å². The number of carbonyl (C=O) groups is 1. The summed E-state index contributed by atoms with van der Waals surface area (Å²) in [6, 6.07) is 0. The molecule has 0 atom stereocenters. The summed E-state index contributed by atoms with van der Waals surface area (Å²) in [5.41, 5.74) is 2.05. The zero-order valence-electron chi connectivity index (χ0n) is 8.66. The predicted octanol–water partition coefficient (Wildman–Crippen LogP) is 0.0908. The van der Waals surface area contributed by atoms with Crippen molar-refractivity contribution in [2.45, 2.75) is 13.8 Å². The van der Waals surface area contributed by atoms with Gasteiger partial charge in [-0.15, -0.1) is 0 Å². The number of hydrogen-bond donors (Lipinski definition) is 2. The molecule has 1 aromatic rings. The Hall–Kier alpha value is -1.36. The summed E-state index contributed by atoms with van der Waals surface area (Å²) in [7, 11) is 1.66. The lowest BCUT2D eigenvalue weighted by Gasteiger charge is -2.15. The molecule has 1 rings (SSSR count). The van der Waals surface area contributed by atoms with Crippen LogP contribution in [0.5, 0.6) is 0 Å². The molecule has 0 fully saturated rings. The summed E-state index contributed by atoms with van der Waals surface area (Å²) < 4.78 is 0. The van der Waals surface area contributed by atoms with Crippen molar-refractivity contribution >= 4 is 5.91 Å². The highest BCUT2D eigenvalue weighted by molar-refractivity contribution is 5.96. The largest absolute Gasteiger partial charge is 0.395 e. The van der Waals surface area contributed by atoms with Gasteiger partial charge in [-0.2, -0.15) is 5.10 Å². The zero-order chi connectivity index (χ0) is 10.7. The van der Waals surface area contributed by atoms with Gasteiger partial charge in [0.05, 0.1) is 17.9 Å². The van der Waals surface area contributed by atoms with Crippen LogP contribution in [0.4, 0.5) is 0 Å². The first-order valence-electron chi connectivity index (χ1n) is 4.45. The van der Waals surface area contributed by atoms with Gasteiger partial charge in [0.1, 0.15) is 0 Å². The van der Waals surface area contributed by atoms with E-state index in [9.17, 15) is 4.79 Å². The van der Waals surface area contributed by atoms with Gasteiger partial charge < -0.3 is 10.0 Å². The SMILES string of the molecule is Cc1n[nH]c(C)c1C(=O)N(C)CCO. The standard InChI is InChI=1S/C9H15N3O2/c1-6-8(7(2)11-10-6)9(14)12(3)4-5-13/h13H,4-5H2,1-3H3,(H,10,11). The minimum absolute atomic E-state index is 0.0296. The van der Waals surface area contributed by atoms with Gasteiger partial charge in [-0.1, -0.05) is 0 Å². The second-order valence-electron chi connectivity index (χ2n) is 3.26. The van der Waals surface area contributed by atoms with Crippen molar-refractivity contribution in [2.75, 3.05) is 20.2 Å². The molecule has 14 heavy (non-hydrogen) atoms. The number of aliphatic hydroxyl groups excluding tert-OH is 1. The van der Waals surface area contributed by atoms with Crippen LogP contribution in [0.2, 0.25) is 0 Å². The fourth-order valence-electron chi connectivity index (χ4n) is 1.31. The van der Waals surface area contributed by atoms with Crippen LogP contribution < -0.4 is 0 Å². The molecule has 0 aliphatic heterocycles. The first-order chi connectivity index (χ1) is 6.57. The molecule has 0 bridgehead atoms. The zero-order valence-corrected chi connectivity index (χ0v) is 8.66. The van der Waals surface area contributed by atoms with Crippen molar-refractivity contribution in [3.05, 3.63) is 17.0 Å². The third-order valence-corrected chi connectivity index (χ3v) is 2.12. The van der Waals surface area contributed by atoms with Crippen molar-refractivity contribution in [1.82, 2.24) is 15.1 Å². The number of rotatable bonds is 3. The van der Waals surface area contributed by atoms with Gasteiger partial charge in [0.25, 0.3) is 5.91 Å². The van der Waals surface area contributed by atoms with Crippen molar-refractivity contribution in [3.8, 4) is 0 Å². The van der Waals surface area contributed by atoms with E-state index >= 15 is 0 Å². The third kappa shape index (κ3) is 1.93. The molecule has 1 amide bonds. The van der Waals surface area contributed by atoms with Gasteiger partial charge in [0, 0.05) is 19.3 Å². The summed E-state index contributed by atoms with van der Waals surface area (Å²) in [5, 5.41) is 15.4. The Kier molecular flexibility index (Phi) is 3.24. The number of aromatic nitrogens is 2. The van der Waals surface area contributed by atoms with Gasteiger partial charge in [-0.05, 0) is 13.8 Å². The second kappa shape index (κ2) is 4.23. The molecule has 1 aromatic heterocycles. The molecule has 2 N–H and O–H groups in total. The predicted molar refractivity (Wildman–Crippen MR) is 52.1 cm³/mol. The van der Waals surface area contributed by atoms with Crippen molar-refractivity contribution in [2.24, 2.45) is 0 Å². The average molecular weight is 197 g/mol. The quantitative estimate of drug-likeness (QED) is 0.721. The normalized spacial score (nSPS) is 10.3. The third-order valence-electron chi connectivity index (χ3n) is 2.12. The smallest absolute Gasteiger partial charge is 0.257 e. The molecule has 0 radical (unpaired) electrons. The summed E-state index contributed by atoms with van der Waals surface area (Å²) in [6.45, 7) is 3.89. The Morgan fingerprint density at radius 1 is 1.57 bits per heavy atom. The molecule has 5 heteroatoms. The van der Waals surface area contributed by atoms with E-state index in [1.165, 1.54) is 4.90 Å². The summed E-state index contributed by atoms with van der Waals surface area (Å²) in [4.78, 5) is 13.3. The van der Waals surface area contributed by atoms with E-state index in [1.54, 1.807) is 20.9 Å². The Labute approximate surface area is 82.7 Å². The fourth-order valence-corrected chi connectivity index (χ4v) is 1.31. The minimum Gasteiger partial charge on any atom is -0.395 e.